The Morgan fingerprint density at radius 1 is 1.04 bits per heavy atom. The maximum absolute atomic E-state index is 13.5. The summed E-state index contributed by atoms with van der Waals surface area (Å²) >= 11 is 0. The quantitative estimate of drug-likeness (QED) is 0.536. The molecule has 1 saturated carbocycles. The number of rotatable bonds is 4. The Bertz CT molecular complexity index is 784. The van der Waals surface area contributed by atoms with Gasteiger partial charge in [0.1, 0.15) is 5.75 Å². The first kappa shape index (κ1) is 18.4. The molecule has 1 fully saturated rings. The van der Waals surface area contributed by atoms with Crippen LogP contribution in [0.3, 0.4) is 0 Å². The molecule has 0 saturated heterocycles. The maximum atomic E-state index is 13.5. The molecule has 0 spiro atoms. The molecule has 0 aliphatic heterocycles. The molecule has 0 atom stereocenters. The molecule has 1 aliphatic rings. The molecule has 1 heterocycles. The number of benzene rings is 1. The van der Waals surface area contributed by atoms with Gasteiger partial charge in [-0.1, -0.05) is 30.9 Å². The van der Waals surface area contributed by atoms with Crippen LogP contribution in [0.4, 0.5) is 8.78 Å². The Morgan fingerprint density at radius 3 is 2.42 bits per heavy atom. The van der Waals surface area contributed by atoms with Crippen LogP contribution in [0.2, 0.25) is 0 Å². The molecule has 0 amide bonds. The monoisotopic (exact) mass is 355 g/mol. The summed E-state index contributed by atoms with van der Waals surface area (Å²) in [6.45, 7) is 2.84. The summed E-state index contributed by atoms with van der Waals surface area (Å²) < 4.78 is 32.0. The van der Waals surface area contributed by atoms with Crippen LogP contribution in [0.1, 0.15) is 56.1 Å². The van der Waals surface area contributed by atoms with E-state index in [1.165, 1.54) is 11.6 Å². The standard InChI is InChI=1S/C22H23F2NO/c1-2-15-26-20-12-9-18(10-13-20)17-6-3-16(4-7-17)5-8-19-11-14-21(23)25-22(19)24/h9-14,16-17H,2-4,6-7,15H2,1H3/t16-,17-. The third kappa shape index (κ3) is 4.82. The molecule has 26 heavy (non-hydrogen) atoms. The van der Waals surface area contributed by atoms with Crippen LogP contribution in [0, 0.1) is 29.7 Å². The molecule has 136 valence electrons. The van der Waals surface area contributed by atoms with E-state index in [1.807, 2.05) is 12.1 Å². The van der Waals surface area contributed by atoms with Crippen molar-refractivity contribution in [3.8, 4) is 17.6 Å². The summed E-state index contributed by atoms with van der Waals surface area (Å²) in [6.07, 6.45) is 5.12. The van der Waals surface area contributed by atoms with Crippen molar-refractivity contribution in [2.75, 3.05) is 6.61 Å². The zero-order valence-electron chi connectivity index (χ0n) is 15.0. The fourth-order valence-corrected chi connectivity index (χ4v) is 3.31. The second-order valence-electron chi connectivity index (χ2n) is 6.71. The van der Waals surface area contributed by atoms with Gasteiger partial charge in [0.2, 0.25) is 11.9 Å². The zero-order chi connectivity index (χ0) is 18.4. The minimum atomic E-state index is -0.837. The van der Waals surface area contributed by atoms with Crippen molar-refractivity contribution >= 4 is 0 Å². The molecule has 2 aromatic rings. The summed E-state index contributed by atoms with van der Waals surface area (Å²) in [5, 5.41) is 0. The number of pyridine rings is 1. The van der Waals surface area contributed by atoms with Gasteiger partial charge in [-0.05, 0) is 67.9 Å². The van der Waals surface area contributed by atoms with E-state index < -0.39 is 11.9 Å². The number of hydrogen-bond donors (Lipinski definition) is 0. The highest BCUT2D eigenvalue weighted by atomic mass is 19.1. The van der Waals surface area contributed by atoms with Crippen molar-refractivity contribution in [2.24, 2.45) is 5.92 Å². The second-order valence-corrected chi connectivity index (χ2v) is 6.71. The van der Waals surface area contributed by atoms with Gasteiger partial charge in [0.15, 0.2) is 0 Å². The first-order chi connectivity index (χ1) is 12.7. The van der Waals surface area contributed by atoms with Crippen LogP contribution in [-0.4, -0.2) is 11.6 Å². The van der Waals surface area contributed by atoms with Gasteiger partial charge in [0, 0.05) is 5.92 Å². The Kier molecular flexibility index (Phi) is 6.22. The number of halogens is 2. The maximum Gasteiger partial charge on any atom is 0.231 e. The number of nitrogens with zero attached hydrogens (tertiary/aromatic N) is 1. The second kappa shape index (κ2) is 8.80. The molecule has 4 heteroatoms. The lowest BCUT2D eigenvalue weighted by atomic mass is 9.79. The fourth-order valence-electron chi connectivity index (χ4n) is 3.31. The highest BCUT2D eigenvalue weighted by Crippen LogP contribution is 2.36. The normalized spacial score (nSPS) is 19.5. The molecule has 1 aliphatic carbocycles. The van der Waals surface area contributed by atoms with Gasteiger partial charge in [-0.3, -0.25) is 0 Å². The predicted molar refractivity (Wildman–Crippen MR) is 98.0 cm³/mol. The van der Waals surface area contributed by atoms with Gasteiger partial charge in [0.05, 0.1) is 12.2 Å². The van der Waals surface area contributed by atoms with Gasteiger partial charge >= 0.3 is 0 Å². The van der Waals surface area contributed by atoms with E-state index in [0.717, 1.165) is 50.5 Å². The Balaban J connectivity index is 1.55. The zero-order valence-corrected chi connectivity index (χ0v) is 15.0. The van der Waals surface area contributed by atoms with Crippen molar-refractivity contribution in [3.05, 3.63) is 59.4 Å². The fraction of sp³-hybridized carbons (Fsp3) is 0.409. The van der Waals surface area contributed by atoms with Crippen LogP contribution >= 0.6 is 0 Å². The summed E-state index contributed by atoms with van der Waals surface area (Å²) in [6, 6.07) is 10.9. The van der Waals surface area contributed by atoms with E-state index in [4.69, 9.17) is 4.74 Å². The van der Waals surface area contributed by atoms with Crippen LogP contribution in [-0.2, 0) is 0 Å². The van der Waals surface area contributed by atoms with Crippen molar-refractivity contribution in [1.29, 1.82) is 0 Å². The average Bonchev–Trinajstić information content (AvgIpc) is 2.66. The topological polar surface area (TPSA) is 22.1 Å². The lowest BCUT2D eigenvalue weighted by molar-refractivity contribution is 0.317. The van der Waals surface area contributed by atoms with E-state index in [0.29, 0.717) is 5.92 Å². The smallest absolute Gasteiger partial charge is 0.231 e. The minimum Gasteiger partial charge on any atom is -0.494 e. The van der Waals surface area contributed by atoms with Crippen LogP contribution in [0.15, 0.2) is 36.4 Å². The highest BCUT2D eigenvalue weighted by Gasteiger charge is 2.21. The largest absolute Gasteiger partial charge is 0.494 e. The lowest BCUT2D eigenvalue weighted by Crippen LogP contribution is -2.12. The molecule has 0 N–H and O–H groups in total. The summed E-state index contributed by atoms with van der Waals surface area (Å²) in [7, 11) is 0. The van der Waals surface area contributed by atoms with Crippen LogP contribution in [0.25, 0.3) is 0 Å². The van der Waals surface area contributed by atoms with E-state index in [1.54, 1.807) is 0 Å². The Hall–Kier alpha value is -2.41. The van der Waals surface area contributed by atoms with E-state index in [9.17, 15) is 8.78 Å². The molecule has 1 aromatic heterocycles. The first-order valence-corrected chi connectivity index (χ1v) is 9.22. The summed E-state index contributed by atoms with van der Waals surface area (Å²) in [5.41, 5.74) is 1.50. The van der Waals surface area contributed by atoms with Crippen molar-refractivity contribution in [1.82, 2.24) is 4.98 Å². The molecule has 3 rings (SSSR count). The SMILES string of the molecule is CCCOc1ccc([C@H]2CC[C@H](C#Cc3ccc(F)nc3F)CC2)cc1. The van der Waals surface area contributed by atoms with Gasteiger partial charge in [-0.15, -0.1) is 0 Å². The highest BCUT2D eigenvalue weighted by molar-refractivity contribution is 5.34. The van der Waals surface area contributed by atoms with Crippen molar-refractivity contribution in [3.63, 3.8) is 0 Å². The van der Waals surface area contributed by atoms with Gasteiger partial charge in [-0.2, -0.15) is 13.8 Å². The number of ether oxygens (including phenoxy) is 1. The molecule has 1 aromatic carbocycles. The molecular weight excluding hydrogens is 332 g/mol. The van der Waals surface area contributed by atoms with E-state index >= 15 is 0 Å². The molecular formula is C22H23F2NO. The minimum absolute atomic E-state index is 0.163. The first-order valence-electron chi connectivity index (χ1n) is 9.22. The van der Waals surface area contributed by atoms with Crippen LogP contribution < -0.4 is 4.74 Å². The summed E-state index contributed by atoms with van der Waals surface area (Å²) in [4.78, 5) is 3.17. The van der Waals surface area contributed by atoms with Crippen molar-refractivity contribution < 1.29 is 13.5 Å². The van der Waals surface area contributed by atoms with Gasteiger partial charge in [0.25, 0.3) is 0 Å². The third-order valence-corrected chi connectivity index (χ3v) is 4.78. The molecule has 0 unspecified atom stereocenters. The number of hydrogen-bond acceptors (Lipinski definition) is 2. The van der Waals surface area contributed by atoms with Gasteiger partial charge in [-0.25, -0.2) is 0 Å². The molecule has 2 nitrogen and oxygen atoms in total. The Morgan fingerprint density at radius 2 is 1.77 bits per heavy atom. The van der Waals surface area contributed by atoms with Gasteiger partial charge < -0.3 is 4.74 Å². The van der Waals surface area contributed by atoms with Crippen LogP contribution in [0.5, 0.6) is 5.75 Å². The van der Waals surface area contributed by atoms with E-state index in [2.05, 4.69) is 35.9 Å². The Labute approximate surface area is 153 Å². The third-order valence-electron chi connectivity index (χ3n) is 4.78. The number of aromatic nitrogens is 1. The van der Waals surface area contributed by atoms with E-state index in [-0.39, 0.29) is 11.5 Å². The van der Waals surface area contributed by atoms with Crippen molar-refractivity contribution in [2.45, 2.75) is 44.9 Å². The average molecular weight is 355 g/mol. The summed E-state index contributed by atoms with van der Waals surface area (Å²) in [5.74, 6) is 6.01. The molecule has 0 radical (unpaired) electrons. The predicted octanol–water partition coefficient (Wildman–Crippen LogP) is 5.47. The molecule has 0 bridgehead atoms. The lowest BCUT2D eigenvalue weighted by Gasteiger charge is -2.26.